The van der Waals surface area contributed by atoms with Crippen molar-refractivity contribution in [2.45, 2.75) is 50.9 Å². The molecule has 5 aliphatic rings. The second-order valence-corrected chi connectivity index (χ2v) is 8.96. The number of nitrogens with zero attached hydrogens (tertiary/aromatic N) is 7. The third kappa shape index (κ3) is 2.33. The van der Waals surface area contributed by atoms with Gasteiger partial charge in [-0.2, -0.15) is 4.98 Å². The van der Waals surface area contributed by atoms with E-state index in [0.717, 1.165) is 48.6 Å². The monoisotopic (exact) mass is 378 g/mol. The Labute approximate surface area is 164 Å². The first-order chi connectivity index (χ1) is 13.6. The molecule has 7 rings (SSSR count). The standard InChI is InChI=1S/C20H26N8/c1-11(2)26-9-17-16(26)10-28(17)18-5-15(13-6-22-19(21)23-7-13)24-20(25-18)27-8-12-3-14(27)4-12/h5-7,11-12,14,16-17H,3-4,8-10H2,1-2H3,(H2,21,22,23)/t12?,14?,16-,17?/m1/s1. The van der Waals surface area contributed by atoms with Gasteiger partial charge in [0.25, 0.3) is 0 Å². The van der Waals surface area contributed by atoms with E-state index in [1.165, 1.54) is 12.8 Å². The molecule has 8 heteroatoms. The van der Waals surface area contributed by atoms with Crippen molar-refractivity contribution in [3.05, 3.63) is 18.5 Å². The van der Waals surface area contributed by atoms with Crippen molar-refractivity contribution in [3.8, 4) is 11.3 Å². The molecule has 4 saturated heterocycles. The lowest BCUT2D eigenvalue weighted by Crippen LogP contribution is -2.80. The topological polar surface area (TPSA) is 87.3 Å². The SMILES string of the molecule is CC(C)N1CC2[C@H]1CN2c1cc(-c2cnc(N)nc2)nc(N2CC3CC2C3)n1. The Morgan fingerprint density at radius 1 is 1.00 bits per heavy atom. The van der Waals surface area contributed by atoms with Crippen LogP contribution in [-0.2, 0) is 0 Å². The van der Waals surface area contributed by atoms with Crippen LogP contribution in [0.5, 0.6) is 0 Å². The van der Waals surface area contributed by atoms with Gasteiger partial charge in [0.15, 0.2) is 0 Å². The molecule has 0 aromatic carbocycles. The molecule has 28 heavy (non-hydrogen) atoms. The van der Waals surface area contributed by atoms with Crippen LogP contribution in [0.4, 0.5) is 17.7 Å². The number of aromatic nitrogens is 4. The molecule has 0 amide bonds. The van der Waals surface area contributed by atoms with Crippen LogP contribution in [0.3, 0.4) is 0 Å². The van der Waals surface area contributed by atoms with E-state index in [1.807, 2.05) is 0 Å². The molecule has 0 radical (unpaired) electrons. The van der Waals surface area contributed by atoms with Gasteiger partial charge in [-0.1, -0.05) is 0 Å². The van der Waals surface area contributed by atoms with E-state index in [4.69, 9.17) is 15.7 Å². The summed E-state index contributed by atoms with van der Waals surface area (Å²) in [6.45, 7) is 7.80. The second-order valence-electron chi connectivity index (χ2n) is 8.96. The fourth-order valence-corrected chi connectivity index (χ4v) is 5.24. The second kappa shape index (κ2) is 5.76. The number of rotatable bonds is 4. The predicted octanol–water partition coefficient (Wildman–Crippen LogP) is 1.40. The summed E-state index contributed by atoms with van der Waals surface area (Å²) in [5.41, 5.74) is 7.44. The maximum absolute atomic E-state index is 5.67. The van der Waals surface area contributed by atoms with Gasteiger partial charge in [0.1, 0.15) is 5.82 Å². The molecular formula is C20H26N8. The molecule has 2 N–H and O–H groups in total. The molecular weight excluding hydrogens is 352 g/mol. The van der Waals surface area contributed by atoms with E-state index in [1.54, 1.807) is 12.4 Å². The van der Waals surface area contributed by atoms with Gasteiger partial charge in [-0.3, -0.25) is 4.90 Å². The first kappa shape index (κ1) is 16.5. The van der Waals surface area contributed by atoms with Crippen LogP contribution in [-0.4, -0.2) is 68.6 Å². The largest absolute Gasteiger partial charge is 0.368 e. The number of hydrogen-bond donors (Lipinski definition) is 1. The Morgan fingerprint density at radius 3 is 2.39 bits per heavy atom. The number of anilines is 3. The molecule has 2 aromatic heterocycles. The van der Waals surface area contributed by atoms with Gasteiger partial charge in [0, 0.05) is 61.8 Å². The Morgan fingerprint density at radius 2 is 1.79 bits per heavy atom. The summed E-state index contributed by atoms with van der Waals surface area (Å²) in [7, 11) is 0. The fourth-order valence-electron chi connectivity index (χ4n) is 5.24. The van der Waals surface area contributed by atoms with Crippen LogP contribution in [0.25, 0.3) is 11.3 Å². The summed E-state index contributed by atoms with van der Waals surface area (Å²) < 4.78 is 0. The zero-order chi connectivity index (χ0) is 19.0. The molecule has 1 aliphatic carbocycles. The van der Waals surface area contributed by atoms with Gasteiger partial charge in [-0.15, -0.1) is 0 Å². The molecule has 146 valence electrons. The Kier molecular flexibility index (Phi) is 3.39. The van der Waals surface area contributed by atoms with Crippen molar-refractivity contribution in [1.82, 2.24) is 24.8 Å². The lowest BCUT2D eigenvalue weighted by Gasteiger charge is -2.63. The average Bonchev–Trinajstić information content (AvgIpc) is 3.24. The number of likely N-dealkylation sites (tertiary alicyclic amines) is 1. The summed E-state index contributed by atoms with van der Waals surface area (Å²) in [6, 6.07) is 4.56. The Balaban J connectivity index is 1.34. The molecule has 2 bridgehead atoms. The van der Waals surface area contributed by atoms with E-state index < -0.39 is 0 Å². The molecule has 2 aromatic rings. The maximum atomic E-state index is 5.67. The highest BCUT2D eigenvalue weighted by molar-refractivity contribution is 5.66. The summed E-state index contributed by atoms with van der Waals surface area (Å²) in [6.07, 6.45) is 6.08. The quantitative estimate of drug-likeness (QED) is 0.854. The van der Waals surface area contributed by atoms with Crippen molar-refractivity contribution in [3.63, 3.8) is 0 Å². The zero-order valence-corrected chi connectivity index (χ0v) is 16.4. The smallest absolute Gasteiger partial charge is 0.228 e. The molecule has 4 aliphatic heterocycles. The molecule has 8 nitrogen and oxygen atoms in total. The van der Waals surface area contributed by atoms with Gasteiger partial charge in [0.2, 0.25) is 11.9 Å². The van der Waals surface area contributed by atoms with E-state index in [2.05, 4.69) is 44.6 Å². The highest BCUT2D eigenvalue weighted by Gasteiger charge is 2.53. The third-order valence-electron chi connectivity index (χ3n) is 7.04. The minimum atomic E-state index is 0.285. The highest BCUT2D eigenvalue weighted by atomic mass is 15.5. The van der Waals surface area contributed by atoms with Gasteiger partial charge in [0.05, 0.1) is 11.7 Å². The van der Waals surface area contributed by atoms with E-state index in [-0.39, 0.29) is 5.95 Å². The summed E-state index contributed by atoms with van der Waals surface area (Å²) in [4.78, 5) is 25.6. The lowest BCUT2D eigenvalue weighted by molar-refractivity contribution is -0.0144. The van der Waals surface area contributed by atoms with Crippen molar-refractivity contribution in [2.75, 3.05) is 35.2 Å². The van der Waals surface area contributed by atoms with Crippen LogP contribution in [0.2, 0.25) is 0 Å². The van der Waals surface area contributed by atoms with E-state index in [9.17, 15) is 0 Å². The van der Waals surface area contributed by atoms with E-state index in [0.29, 0.717) is 24.2 Å². The van der Waals surface area contributed by atoms with Crippen LogP contribution >= 0.6 is 0 Å². The Bertz CT molecular complexity index is 907. The van der Waals surface area contributed by atoms with Gasteiger partial charge >= 0.3 is 0 Å². The highest BCUT2D eigenvalue weighted by Crippen LogP contribution is 2.44. The number of piperazine rings is 1. The first-order valence-corrected chi connectivity index (χ1v) is 10.3. The predicted molar refractivity (Wildman–Crippen MR) is 108 cm³/mol. The van der Waals surface area contributed by atoms with E-state index >= 15 is 0 Å². The van der Waals surface area contributed by atoms with Crippen molar-refractivity contribution in [2.24, 2.45) is 5.92 Å². The number of nitrogens with two attached hydrogens (primary N) is 1. The normalized spacial score (nSPS) is 30.7. The van der Waals surface area contributed by atoms with Crippen molar-refractivity contribution in [1.29, 1.82) is 0 Å². The van der Waals surface area contributed by atoms with Crippen LogP contribution in [0, 0.1) is 5.92 Å². The van der Waals surface area contributed by atoms with Gasteiger partial charge < -0.3 is 15.5 Å². The molecule has 1 saturated carbocycles. The lowest BCUT2D eigenvalue weighted by atomic mass is 9.84. The van der Waals surface area contributed by atoms with Crippen LogP contribution in [0.1, 0.15) is 26.7 Å². The Hall–Kier alpha value is -2.48. The number of nitrogen functional groups attached to an aromatic ring is 1. The summed E-state index contributed by atoms with van der Waals surface area (Å²) >= 11 is 0. The molecule has 6 heterocycles. The minimum Gasteiger partial charge on any atom is -0.368 e. The number of hydrogen-bond acceptors (Lipinski definition) is 8. The van der Waals surface area contributed by atoms with Crippen molar-refractivity contribution >= 4 is 17.7 Å². The fraction of sp³-hybridized carbons (Fsp3) is 0.600. The van der Waals surface area contributed by atoms with Gasteiger partial charge in [-0.25, -0.2) is 15.0 Å². The summed E-state index contributed by atoms with van der Waals surface area (Å²) in [5, 5.41) is 0. The molecule has 0 spiro atoms. The number of fused-ring (bicyclic) bond motifs is 2. The van der Waals surface area contributed by atoms with Crippen LogP contribution < -0.4 is 15.5 Å². The first-order valence-electron chi connectivity index (χ1n) is 10.3. The molecule has 5 fully saturated rings. The third-order valence-corrected chi connectivity index (χ3v) is 7.04. The molecule has 2 atom stereocenters. The summed E-state index contributed by atoms with van der Waals surface area (Å²) in [5.74, 6) is 3.00. The van der Waals surface area contributed by atoms with Gasteiger partial charge in [-0.05, 0) is 32.6 Å². The average molecular weight is 378 g/mol. The molecule has 1 unspecified atom stereocenters. The van der Waals surface area contributed by atoms with Crippen LogP contribution in [0.15, 0.2) is 18.5 Å². The maximum Gasteiger partial charge on any atom is 0.228 e. The zero-order valence-electron chi connectivity index (χ0n) is 16.4. The minimum absolute atomic E-state index is 0.285. The van der Waals surface area contributed by atoms with Crippen molar-refractivity contribution < 1.29 is 0 Å².